The highest BCUT2D eigenvalue weighted by Gasteiger charge is 2.19. The van der Waals surface area contributed by atoms with Crippen LogP contribution in [0.1, 0.15) is 31.9 Å². The fourth-order valence-electron chi connectivity index (χ4n) is 4.54. The zero-order valence-electron chi connectivity index (χ0n) is 20.9. The molecule has 0 spiro atoms. The van der Waals surface area contributed by atoms with Gasteiger partial charge in [0, 0.05) is 29.5 Å². The number of anilines is 1. The molecule has 0 amide bonds. The molecule has 0 saturated heterocycles. The molecule has 38 heavy (non-hydrogen) atoms. The van der Waals surface area contributed by atoms with Gasteiger partial charge in [0.05, 0.1) is 29.6 Å². The number of aliphatic hydroxyl groups is 1. The number of halogens is 1. The van der Waals surface area contributed by atoms with Crippen LogP contribution in [0.2, 0.25) is 0 Å². The van der Waals surface area contributed by atoms with Gasteiger partial charge in [0.1, 0.15) is 28.8 Å². The Hall–Kier alpha value is -4.64. The number of aromatic nitrogens is 8. The van der Waals surface area contributed by atoms with E-state index < -0.39 is 12.0 Å². The molecule has 5 aromatic heterocycles. The number of aromatic amines is 2. The van der Waals surface area contributed by atoms with E-state index in [1.165, 1.54) is 6.07 Å². The van der Waals surface area contributed by atoms with Gasteiger partial charge in [-0.05, 0) is 49.6 Å². The normalized spacial score (nSPS) is 12.4. The zero-order valence-corrected chi connectivity index (χ0v) is 20.9. The lowest BCUT2D eigenvalue weighted by molar-refractivity contribution is 0.190. The molecule has 11 heteroatoms. The van der Waals surface area contributed by atoms with Crippen molar-refractivity contribution in [1.29, 1.82) is 0 Å². The average molecular weight is 512 g/mol. The van der Waals surface area contributed by atoms with Crippen LogP contribution in [0.3, 0.4) is 0 Å². The van der Waals surface area contributed by atoms with Gasteiger partial charge in [-0.1, -0.05) is 13.3 Å². The number of fused-ring (bicyclic) bond motifs is 2. The average Bonchev–Trinajstić information content (AvgIpc) is 3.65. The van der Waals surface area contributed by atoms with Gasteiger partial charge in [0.15, 0.2) is 11.5 Å². The van der Waals surface area contributed by atoms with Gasteiger partial charge < -0.3 is 20.0 Å². The first-order valence-corrected chi connectivity index (χ1v) is 12.4. The number of benzene rings is 1. The van der Waals surface area contributed by atoms with Gasteiger partial charge in [-0.3, -0.25) is 10.1 Å². The number of nitrogens with zero attached hydrogens (tertiary/aromatic N) is 6. The molecule has 1 unspecified atom stereocenters. The van der Waals surface area contributed by atoms with Crippen molar-refractivity contribution < 1.29 is 9.50 Å². The van der Waals surface area contributed by atoms with Gasteiger partial charge >= 0.3 is 0 Å². The summed E-state index contributed by atoms with van der Waals surface area (Å²) < 4.78 is 17.1. The van der Waals surface area contributed by atoms with Crippen LogP contribution in [0.4, 0.5) is 10.1 Å². The van der Waals surface area contributed by atoms with E-state index >= 15 is 4.39 Å². The predicted molar refractivity (Wildman–Crippen MR) is 143 cm³/mol. The summed E-state index contributed by atoms with van der Waals surface area (Å²) in [6, 6.07) is 7.00. The van der Waals surface area contributed by atoms with E-state index in [1.807, 2.05) is 35.9 Å². The smallest absolute Gasteiger partial charge is 0.161 e. The topological polar surface area (TPSA) is 133 Å². The molecule has 4 N–H and O–H groups in total. The van der Waals surface area contributed by atoms with Gasteiger partial charge in [0.25, 0.3) is 0 Å². The van der Waals surface area contributed by atoms with Crippen LogP contribution >= 0.6 is 0 Å². The maximum absolute atomic E-state index is 15.2. The fraction of sp³-hybridized carbons (Fsp3) is 0.222. The van der Waals surface area contributed by atoms with E-state index in [2.05, 4.69) is 42.4 Å². The molecule has 6 aromatic rings. The Balaban J connectivity index is 1.40. The summed E-state index contributed by atoms with van der Waals surface area (Å²) >= 11 is 0. The summed E-state index contributed by atoms with van der Waals surface area (Å²) in [5.74, 6) is 0.0218. The van der Waals surface area contributed by atoms with Gasteiger partial charge in [-0.25, -0.2) is 19.3 Å². The monoisotopic (exact) mass is 511 g/mol. The van der Waals surface area contributed by atoms with Crippen molar-refractivity contribution in [3.63, 3.8) is 0 Å². The van der Waals surface area contributed by atoms with Crippen molar-refractivity contribution in [2.45, 2.75) is 39.3 Å². The molecule has 0 fully saturated rings. The number of unbranched alkanes of at least 4 members (excludes halogenated alkanes) is 1. The standard InChI is InChI=1S/C27H26FN9O/c1-3-4-5-22(38)32-18-8-17(11-29-12-18)16-9-19-23(20(28)10-16)35-36-24(19)27-33-25-21(6-7-30-26(25)34-27)37-13-15(2)31-14-37/h6-14,22,32,38H,3-5H2,1-2H3,(H,35,36)(H,30,33,34). The Labute approximate surface area is 217 Å². The Morgan fingerprint density at radius 1 is 1.16 bits per heavy atom. The van der Waals surface area contributed by atoms with E-state index in [-0.39, 0.29) is 5.52 Å². The van der Waals surface area contributed by atoms with Gasteiger partial charge in [0.2, 0.25) is 0 Å². The summed E-state index contributed by atoms with van der Waals surface area (Å²) in [5, 5.41) is 21.0. The van der Waals surface area contributed by atoms with E-state index in [9.17, 15) is 5.11 Å². The Morgan fingerprint density at radius 3 is 2.87 bits per heavy atom. The largest absolute Gasteiger partial charge is 0.374 e. The van der Waals surface area contributed by atoms with Crippen molar-refractivity contribution >= 4 is 27.8 Å². The molecule has 0 radical (unpaired) electrons. The first-order chi connectivity index (χ1) is 18.5. The molecule has 0 aliphatic heterocycles. The number of nitrogens with one attached hydrogen (secondary N) is 3. The molecule has 0 aliphatic carbocycles. The molecule has 10 nitrogen and oxygen atoms in total. The molecule has 5 heterocycles. The Bertz CT molecular complexity index is 1750. The number of hydrogen-bond donors (Lipinski definition) is 4. The van der Waals surface area contributed by atoms with Crippen molar-refractivity contribution in [2.75, 3.05) is 5.32 Å². The van der Waals surface area contributed by atoms with Gasteiger partial charge in [-0.2, -0.15) is 5.10 Å². The van der Waals surface area contributed by atoms with Crippen LogP contribution in [-0.2, 0) is 0 Å². The van der Waals surface area contributed by atoms with Crippen molar-refractivity contribution in [3.8, 4) is 28.3 Å². The van der Waals surface area contributed by atoms with Gasteiger partial charge in [-0.15, -0.1) is 0 Å². The minimum atomic E-state index is -0.676. The summed E-state index contributed by atoms with van der Waals surface area (Å²) in [6.45, 7) is 3.99. The molecular weight excluding hydrogens is 485 g/mol. The van der Waals surface area contributed by atoms with Crippen molar-refractivity contribution in [1.82, 2.24) is 39.7 Å². The minimum Gasteiger partial charge on any atom is -0.374 e. The number of hydrogen-bond acceptors (Lipinski definition) is 7. The van der Waals surface area contributed by atoms with E-state index in [4.69, 9.17) is 4.98 Å². The summed E-state index contributed by atoms with van der Waals surface area (Å²) in [5.41, 5.74) is 5.68. The van der Waals surface area contributed by atoms with Crippen LogP contribution < -0.4 is 5.32 Å². The number of aryl methyl sites for hydroxylation is 1. The number of H-pyrrole nitrogens is 2. The summed E-state index contributed by atoms with van der Waals surface area (Å²) in [4.78, 5) is 21.0. The third-order valence-electron chi connectivity index (χ3n) is 6.44. The fourth-order valence-corrected chi connectivity index (χ4v) is 4.54. The lowest BCUT2D eigenvalue weighted by atomic mass is 10.0. The molecule has 6 rings (SSSR count). The van der Waals surface area contributed by atoms with Crippen LogP contribution in [0.15, 0.2) is 55.4 Å². The van der Waals surface area contributed by atoms with E-state index in [0.717, 1.165) is 24.2 Å². The second-order valence-corrected chi connectivity index (χ2v) is 9.25. The molecular formula is C27H26FN9O. The van der Waals surface area contributed by atoms with Crippen LogP contribution in [0.5, 0.6) is 0 Å². The maximum atomic E-state index is 15.2. The Kier molecular flexibility index (Phi) is 6.04. The predicted octanol–water partition coefficient (Wildman–Crippen LogP) is 5.12. The SMILES string of the molecule is CCCCC(O)Nc1cncc(-c2cc(F)c3[nH]nc(-c4nc5c(-n6cnc(C)c6)ccnc5[nH]4)c3c2)c1. The van der Waals surface area contributed by atoms with Crippen LogP contribution in [-0.4, -0.2) is 51.0 Å². The molecule has 192 valence electrons. The zero-order chi connectivity index (χ0) is 26.2. The number of aliphatic hydroxyl groups excluding tert-OH is 1. The highest BCUT2D eigenvalue weighted by molar-refractivity contribution is 5.96. The summed E-state index contributed by atoms with van der Waals surface area (Å²) in [7, 11) is 0. The van der Waals surface area contributed by atoms with Crippen molar-refractivity contribution in [3.05, 3.63) is 66.9 Å². The van der Waals surface area contributed by atoms with E-state index in [1.54, 1.807) is 24.9 Å². The summed E-state index contributed by atoms with van der Waals surface area (Å²) in [6.07, 6.45) is 10.5. The molecule has 0 saturated carbocycles. The molecule has 1 atom stereocenters. The quantitative estimate of drug-likeness (QED) is 0.209. The highest BCUT2D eigenvalue weighted by atomic mass is 19.1. The lowest BCUT2D eigenvalue weighted by Gasteiger charge is -2.14. The number of imidazole rings is 2. The number of pyridine rings is 2. The lowest BCUT2D eigenvalue weighted by Crippen LogP contribution is -2.18. The van der Waals surface area contributed by atoms with E-state index in [0.29, 0.717) is 51.3 Å². The third-order valence-corrected chi connectivity index (χ3v) is 6.44. The third kappa shape index (κ3) is 4.37. The molecule has 0 bridgehead atoms. The second kappa shape index (κ2) is 9.67. The first kappa shape index (κ1) is 23.7. The second-order valence-electron chi connectivity index (χ2n) is 9.25. The first-order valence-electron chi connectivity index (χ1n) is 12.4. The Morgan fingerprint density at radius 2 is 2.05 bits per heavy atom. The van der Waals surface area contributed by atoms with Crippen molar-refractivity contribution in [2.24, 2.45) is 0 Å². The molecule has 1 aromatic carbocycles. The minimum absolute atomic E-state index is 0.278. The van der Waals surface area contributed by atoms with Crippen LogP contribution in [0, 0.1) is 12.7 Å². The highest BCUT2D eigenvalue weighted by Crippen LogP contribution is 2.33. The van der Waals surface area contributed by atoms with Crippen LogP contribution in [0.25, 0.3) is 50.4 Å². The molecule has 0 aliphatic rings. The number of rotatable bonds is 8. The maximum Gasteiger partial charge on any atom is 0.161 e.